The third-order valence-corrected chi connectivity index (χ3v) is 6.06. The van der Waals surface area contributed by atoms with E-state index in [9.17, 15) is 0 Å². The topological polar surface area (TPSA) is 0 Å². The monoisotopic (exact) mass is 404 g/mol. The van der Waals surface area contributed by atoms with Crippen LogP contribution in [0, 0.1) is 12.1 Å². The van der Waals surface area contributed by atoms with E-state index in [1.165, 1.54) is 33.4 Å². The summed E-state index contributed by atoms with van der Waals surface area (Å²) in [5.74, 6) is 0.247. The fraction of sp³-hybridized carbons (Fsp3) is 0.600. The first-order chi connectivity index (χ1) is 13.3. The Kier molecular flexibility index (Phi) is 6.46. The van der Waals surface area contributed by atoms with Gasteiger partial charge in [0.05, 0.1) is 0 Å². The predicted molar refractivity (Wildman–Crippen MR) is 133 cm³/mol. The molecule has 0 aliphatic rings. The van der Waals surface area contributed by atoms with Crippen LogP contribution >= 0.6 is 0 Å². The SMILES string of the molecule is CC(c1[c]c(C(C)(C)C)cc(C(C)(C)C)c1)c1[c]c(C(C)(C)C)cc(C(C)(C)C)c1. The van der Waals surface area contributed by atoms with Crippen molar-refractivity contribution in [1.29, 1.82) is 0 Å². The van der Waals surface area contributed by atoms with Gasteiger partial charge in [-0.2, -0.15) is 0 Å². The standard InChI is InChI=1S/C30H44/c1-20(21-14-23(27(2,3)4)18-24(15-21)28(5,6)7)22-16-25(29(8,9)10)19-26(17-22)30(11,12)13/h14,16,18-20H,1-13H3. The lowest BCUT2D eigenvalue weighted by atomic mass is 9.75. The predicted octanol–water partition coefficient (Wildman–Crippen LogP) is 8.63. The summed E-state index contributed by atoms with van der Waals surface area (Å²) in [6.45, 7) is 29.8. The van der Waals surface area contributed by atoms with Crippen LogP contribution in [0.1, 0.15) is 129 Å². The number of hydrogen-bond acceptors (Lipinski definition) is 0. The van der Waals surface area contributed by atoms with Gasteiger partial charge in [-0.25, -0.2) is 0 Å². The molecular formula is C30H44. The molecular weight excluding hydrogens is 360 g/mol. The molecule has 30 heavy (non-hydrogen) atoms. The van der Waals surface area contributed by atoms with Crippen molar-refractivity contribution in [3.05, 3.63) is 69.8 Å². The molecule has 0 spiro atoms. The van der Waals surface area contributed by atoms with Crippen molar-refractivity contribution in [3.8, 4) is 0 Å². The lowest BCUT2D eigenvalue weighted by Gasteiger charge is -2.29. The minimum absolute atomic E-state index is 0.0727. The first-order valence-electron chi connectivity index (χ1n) is 11.5. The Bertz CT molecular complexity index is 744. The largest absolute Gasteiger partial charge is 0.0561 e. The van der Waals surface area contributed by atoms with E-state index in [0.717, 1.165) is 0 Å². The highest BCUT2D eigenvalue weighted by molar-refractivity contribution is 5.44. The average Bonchev–Trinajstić information content (AvgIpc) is 2.57. The van der Waals surface area contributed by atoms with Gasteiger partial charge < -0.3 is 0 Å². The molecule has 0 nitrogen and oxygen atoms in total. The smallest absolute Gasteiger partial charge is 0.00737 e. The Morgan fingerprint density at radius 2 is 0.800 bits per heavy atom. The summed E-state index contributed by atoms with van der Waals surface area (Å²) in [6.07, 6.45) is 0. The fourth-order valence-corrected chi connectivity index (χ4v) is 3.49. The van der Waals surface area contributed by atoms with E-state index in [-0.39, 0.29) is 27.6 Å². The van der Waals surface area contributed by atoms with Gasteiger partial charge in [-0.15, -0.1) is 0 Å². The Morgan fingerprint density at radius 3 is 1.03 bits per heavy atom. The molecule has 0 aromatic heterocycles. The van der Waals surface area contributed by atoms with Crippen LogP contribution in [0.25, 0.3) is 0 Å². The van der Waals surface area contributed by atoms with Crippen molar-refractivity contribution >= 4 is 0 Å². The van der Waals surface area contributed by atoms with Gasteiger partial charge in [0.15, 0.2) is 0 Å². The van der Waals surface area contributed by atoms with Crippen molar-refractivity contribution < 1.29 is 0 Å². The van der Waals surface area contributed by atoms with Crippen molar-refractivity contribution in [1.82, 2.24) is 0 Å². The number of hydrogen-bond donors (Lipinski definition) is 0. The van der Waals surface area contributed by atoms with E-state index in [1.807, 2.05) is 0 Å². The van der Waals surface area contributed by atoms with Crippen LogP contribution in [0.4, 0.5) is 0 Å². The molecule has 0 bridgehead atoms. The molecule has 0 aliphatic carbocycles. The third-order valence-electron chi connectivity index (χ3n) is 6.06. The maximum atomic E-state index is 3.79. The normalized spacial score (nSPS) is 13.8. The molecule has 2 rings (SSSR count). The third kappa shape index (κ3) is 5.77. The van der Waals surface area contributed by atoms with E-state index >= 15 is 0 Å². The first kappa shape index (κ1) is 24.7. The molecule has 2 aromatic rings. The van der Waals surface area contributed by atoms with Crippen molar-refractivity contribution in [2.45, 2.75) is 118 Å². The second-order valence-corrected chi connectivity index (χ2v) is 13.2. The summed E-state index contributed by atoms with van der Waals surface area (Å²) in [5.41, 5.74) is 8.26. The Labute approximate surface area is 187 Å². The van der Waals surface area contributed by atoms with Crippen LogP contribution in [-0.2, 0) is 21.7 Å². The minimum Gasteiger partial charge on any atom is -0.0561 e. The Balaban J connectivity index is 2.72. The first-order valence-corrected chi connectivity index (χ1v) is 11.5. The Hall–Kier alpha value is -1.56. The summed E-state index contributed by atoms with van der Waals surface area (Å²) in [7, 11) is 0. The van der Waals surface area contributed by atoms with E-state index < -0.39 is 0 Å². The molecule has 0 fully saturated rings. The molecule has 2 radical (unpaired) electrons. The van der Waals surface area contributed by atoms with E-state index in [4.69, 9.17) is 0 Å². The van der Waals surface area contributed by atoms with Crippen molar-refractivity contribution in [3.63, 3.8) is 0 Å². The van der Waals surface area contributed by atoms with Crippen molar-refractivity contribution in [2.75, 3.05) is 0 Å². The van der Waals surface area contributed by atoms with Gasteiger partial charge in [0, 0.05) is 5.92 Å². The van der Waals surface area contributed by atoms with Crippen LogP contribution in [0.2, 0.25) is 0 Å². The zero-order chi connectivity index (χ0) is 23.3. The minimum atomic E-state index is 0.0727. The van der Waals surface area contributed by atoms with E-state index in [1.54, 1.807) is 0 Å². The number of rotatable bonds is 2. The second-order valence-electron chi connectivity index (χ2n) is 13.2. The van der Waals surface area contributed by atoms with E-state index in [2.05, 4.69) is 126 Å². The molecule has 0 N–H and O–H groups in total. The molecule has 0 unspecified atom stereocenters. The highest BCUT2D eigenvalue weighted by atomic mass is 14.3. The Morgan fingerprint density at radius 1 is 0.500 bits per heavy atom. The molecule has 2 aromatic carbocycles. The highest BCUT2D eigenvalue weighted by Gasteiger charge is 2.25. The van der Waals surface area contributed by atoms with Gasteiger partial charge in [0.1, 0.15) is 0 Å². The summed E-state index contributed by atoms with van der Waals surface area (Å²) >= 11 is 0. The number of benzene rings is 2. The molecule has 0 atom stereocenters. The van der Waals surface area contributed by atoms with Crippen LogP contribution < -0.4 is 0 Å². The second kappa shape index (κ2) is 7.85. The van der Waals surface area contributed by atoms with Gasteiger partial charge >= 0.3 is 0 Å². The summed E-state index contributed by atoms with van der Waals surface area (Å²) in [4.78, 5) is 0. The van der Waals surface area contributed by atoms with Crippen LogP contribution in [0.5, 0.6) is 0 Å². The van der Waals surface area contributed by atoms with Gasteiger partial charge in [0.25, 0.3) is 0 Å². The van der Waals surface area contributed by atoms with Crippen LogP contribution in [-0.4, -0.2) is 0 Å². The lowest BCUT2D eigenvalue weighted by Crippen LogP contribution is -2.19. The summed E-state index contributed by atoms with van der Waals surface area (Å²) < 4.78 is 0. The highest BCUT2D eigenvalue weighted by Crippen LogP contribution is 2.37. The molecule has 0 heteroatoms. The summed E-state index contributed by atoms with van der Waals surface area (Å²) in [6, 6.07) is 17.0. The van der Waals surface area contributed by atoms with Gasteiger partial charge in [-0.3, -0.25) is 0 Å². The molecule has 0 saturated carbocycles. The van der Waals surface area contributed by atoms with Gasteiger partial charge in [0.2, 0.25) is 0 Å². The molecule has 0 heterocycles. The molecule has 0 aliphatic heterocycles. The van der Waals surface area contributed by atoms with Crippen molar-refractivity contribution in [2.24, 2.45) is 0 Å². The molecule has 0 amide bonds. The molecule has 164 valence electrons. The van der Waals surface area contributed by atoms with Crippen LogP contribution in [0.3, 0.4) is 0 Å². The van der Waals surface area contributed by atoms with E-state index in [0.29, 0.717) is 0 Å². The molecule has 0 saturated heterocycles. The van der Waals surface area contributed by atoms with Crippen LogP contribution in [0.15, 0.2) is 24.3 Å². The zero-order valence-electron chi connectivity index (χ0n) is 21.9. The maximum Gasteiger partial charge on any atom is 0.00737 e. The van der Waals surface area contributed by atoms with Gasteiger partial charge in [-0.1, -0.05) is 114 Å². The van der Waals surface area contributed by atoms with Gasteiger partial charge in [-0.05, 0) is 67.2 Å². The maximum absolute atomic E-state index is 3.79. The lowest BCUT2D eigenvalue weighted by molar-refractivity contribution is 0.563. The average molecular weight is 405 g/mol. The zero-order valence-corrected chi connectivity index (χ0v) is 21.9. The quantitative estimate of drug-likeness (QED) is 0.470. The fourth-order valence-electron chi connectivity index (χ4n) is 3.49. The summed E-state index contributed by atoms with van der Waals surface area (Å²) in [5, 5.41) is 0.